The molecule has 0 radical (unpaired) electrons. The third-order valence-electron chi connectivity index (χ3n) is 5.77. The lowest BCUT2D eigenvalue weighted by Gasteiger charge is -2.16. The molecule has 8 heteroatoms. The predicted molar refractivity (Wildman–Crippen MR) is 124 cm³/mol. The second-order valence-corrected chi connectivity index (χ2v) is 7.76. The average molecular weight is 453 g/mol. The number of benzene rings is 2. The second-order valence-electron chi connectivity index (χ2n) is 7.76. The fraction of sp³-hybridized carbons (Fsp3) is 0.364. The van der Waals surface area contributed by atoms with E-state index in [1.165, 1.54) is 12.1 Å². The summed E-state index contributed by atoms with van der Waals surface area (Å²) >= 11 is 0. The molecule has 1 saturated carbocycles. The van der Waals surface area contributed by atoms with Gasteiger partial charge in [0.05, 0.1) is 11.0 Å². The van der Waals surface area contributed by atoms with Gasteiger partial charge in [0.1, 0.15) is 11.6 Å². The first-order valence-electron chi connectivity index (χ1n) is 9.71. The summed E-state index contributed by atoms with van der Waals surface area (Å²) in [6, 6.07) is 10.6. The molecule has 4 rings (SSSR count). The molecule has 1 aliphatic rings. The highest BCUT2D eigenvalue weighted by molar-refractivity contribution is 5.92. The smallest absolute Gasteiger partial charge is 0.224 e. The molecule has 2 atom stereocenters. The van der Waals surface area contributed by atoms with Gasteiger partial charge < -0.3 is 15.6 Å². The van der Waals surface area contributed by atoms with E-state index in [2.05, 4.69) is 10.3 Å². The van der Waals surface area contributed by atoms with Gasteiger partial charge in [-0.3, -0.25) is 4.79 Å². The number of nitrogens with two attached hydrogens (primary N) is 1. The molecule has 0 unspecified atom stereocenters. The number of nitrogens with zero attached hydrogens (tertiary/aromatic N) is 2. The zero-order valence-corrected chi connectivity index (χ0v) is 18.7. The van der Waals surface area contributed by atoms with Crippen LogP contribution in [0.4, 0.5) is 10.1 Å². The van der Waals surface area contributed by atoms with E-state index in [0.29, 0.717) is 11.9 Å². The summed E-state index contributed by atoms with van der Waals surface area (Å²) in [4.78, 5) is 17.0. The van der Waals surface area contributed by atoms with Crippen LogP contribution in [0.25, 0.3) is 22.4 Å². The molecule has 5 nitrogen and oxygen atoms in total. The van der Waals surface area contributed by atoms with Crippen molar-refractivity contribution in [3.63, 3.8) is 0 Å². The minimum absolute atomic E-state index is 0. The Morgan fingerprint density at radius 3 is 2.67 bits per heavy atom. The van der Waals surface area contributed by atoms with E-state index in [4.69, 9.17) is 5.73 Å². The van der Waals surface area contributed by atoms with Gasteiger partial charge in [0.2, 0.25) is 5.91 Å². The van der Waals surface area contributed by atoms with Crippen LogP contribution in [-0.4, -0.2) is 21.5 Å². The lowest BCUT2D eigenvalue weighted by Crippen LogP contribution is -2.28. The van der Waals surface area contributed by atoms with Gasteiger partial charge >= 0.3 is 0 Å². The number of amides is 1. The molecule has 1 aliphatic carbocycles. The van der Waals surface area contributed by atoms with Gasteiger partial charge in [-0.25, -0.2) is 9.37 Å². The van der Waals surface area contributed by atoms with Gasteiger partial charge in [0, 0.05) is 36.8 Å². The van der Waals surface area contributed by atoms with Crippen LogP contribution in [0.5, 0.6) is 0 Å². The van der Waals surface area contributed by atoms with E-state index >= 15 is 0 Å². The molecule has 1 amide bonds. The van der Waals surface area contributed by atoms with E-state index < -0.39 is 0 Å². The molecule has 0 bridgehead atoms. The average Bonchev–Trinajstić information content (AvgIpc) is 3.20. The molecule has 1 aromatic heterocycles. The van der Waals surface area contributed by atoms with Gasteiger partial charge in [-0.15, -0.1) is 24.8 Å². The van der Waals surface area contributed by atoms with E-state index in [1.807, 2.05) is 36.7 Å². The first-order chi connectivity index (χ1) is 13.4. The fourth-order valence-electron chi connectivity index (χ4n) is 4.13. The first-order valence-corrected chi connectivity index (χ1v) is 9.71. The number of halogens is 3. The molecule has 162 valence electrons. The van der Waals surface area contributed by atoms with Crippen LogP contribution in [0, 0.1) is 18.7 Å². The lowest BCUT2D eigenvalue weighted by molar-refractivity contribution is -0.117. The van der Waals surface area contributed by atoms with Crippen molar-refractivity contribution in [2.75, 3.05) is 5.32 Å². The van der Waals surface area contributed by atoms with Gasteiger partial charge in [0.15, 0.2) is 0 Å². The number of imidazole rings is 1. The molecule has 0 saturated heterocycles. The topological polar surface area (TPSA) is 72.9 Å². The van der Waals surface area contributed by atoms with Crippen LogP contribution in [0.15, 0.2) is 36.4 Å². The number of rotatable bonds is 4. The molecule has 3 N–H and O–H groups in total. The van der Waals surface area contributed by atoms with Crippen LogP contribution >= 0.6 is 24.8 Å². The molecule has 2 aromatic carbocycles. The van der Waals surface area contributed by atoms with Crippen molar-refractivity contribution >= 4 is 47.4 Å². The molecule has 1 fully saturated rings. The van der Waals surface area contributed by atoms with Gasteiger partial charge in [0.25, 0.3) is 0 Å². The summed E-state index contributed by atoms with van der Waals surface area (Å²) < 4.78 is 15.4. The molecular formula is C22H27Cl2FN4O. The Labute approximate surface area is 188 Å². The van der Waals surface area contributed by atoms with Crippen LogP contribution in [0.1, 0.15) is 31.2 Å². The summed E-state index contributed by atoms with van der Waals surface area (Å²) in [5.74, 6) is 0.753. The molecular weight excluding hydrogens is 426 g/mol. The summed E-state index contributed by atoms with van der Waals surface area (Å²) in [5, 5.41) is 3.01. The van der Waals surface area contributed by atoms with Crippen molar-refractivity contribution in [2.45, 2.75) is 38.6 Å². The Hall–Kier alpha value is -2.15. The monoisotopic (exact) mass is 452 g/mol. The number of hydrogen-bond acceptors (Lipinski definition) is 3. The molecule has 0 aliphatic heterocycles. The molecule has 1 heterocycles. The van der Waals surface area contributed by atoms with Crippen molar-refractivity contribution < 1.29 is 9.18 Å². The Morgan fingerprint density at radius 2 is 2.00 bits per heavy atom. The minimum Gasteiger partial charge on any atom is -0.327 e. The maximum absolute atomic E-state index is 13.5. The normalized spacial score (nSPS) is 18.0. The summed E-state index contributed by atoms with van der Waals surface area (Å²) in [5.41, 5.74) is 10.3. The Bertz CT molecular complexity index is 1050. The van der Waals surface area contributed by atoms with E-state index in [1.54, 1.807) is 6.07 Å². The number of hydrogen-bond donors (Lipinski definition) is 2. The zero-order valence-electron chi connectivity index (χ0n) is 17.0. The van der Waals surface area contributed by atoms with Gasteiger partial charge in [-0.05, 0) is 61.6 Å². The summed E-state index contributed by atoms with van der Waals surface area (Å²) in [6.45, 7) is 1.96. The quantitative estimate of drug-likeness (QED) is 0.585. The SMILES string of the molecule is Cc1cc(-c2nc3cc(F)ccc3n2C)ccc1NC(=O)C[C@@H]1CCC[C@H]1N.Cl.Cl. The van der Waals surface area contributed by atoms with Crippen LogP contribution in [0.2, 0.25) is 0 Å². The first kappa shape index (κ1) is 24.1. The number of aromatic nitrogens is 2. The van der Waals surface area contributed by atoms with Crippen molar-refractivity contribution in [1.29, 1.82) is 0 Å². The number of carbonyl (C=O) groups is 1. The number of anilines is 1. The number of aryl methyl sites for hydroxylation is 2. The Morgan fingerprint density at radius 1 is 1.23 bits per heavy atom. The standard InChI is InChI=1S/C22H25FN4O.2ClH/c1-13-10-15(22-26-19-12-16(23)7-9-20(19)27(22)2)6-8-18(13)25-21(28)11-14-4-3-5-17(14)24;;/h6-10,12,14,17H,3-5,11,24H2,1-2H3,(H,25,28);2*1H/t14-,17+;;/m0../s1. The minimum atomic E-state index is -0.298. The van der Waals surface area contributed by atoms with Crippen LogP contribution in [0.3, 0.4) is 0 Å². The van der Waals surface area contributed by atoms with E-state index in [0.717, 1.165) is 47.4 Å². The highest BCUT2D eigenvalue weighted by Gasteiger charge is 2.26. The maximum Gasteiger partial charge on any atom is 0.224 e. The summed E-state index contributed by atoms with van der Waals surface area (Å²) in [6.07, 6.45) is 3.61. The van der Waals surface area contributed by atoms with Crippen molar-refractivity contribution in [2.24, 2.45) is 18.7 Å². The fourth-order valence-corrected chi connectivity index (χ4v) is 4.13. The maximum atomic E-state index is 13.5. The highest BCUT2D eigenvalue weighted by Crippen LogP contribution is 2.29. The van der Waals surface area contributed by atoms with Crippen molar-refractivity contribution in [3.05, 3.63) is 47.8 Å². The van der Waals surface area contributed by atoms with Crippen molar-refractivity contribution in [1.82, 2.24) is 9.55 Å². The second kappa shape index (κ2) is 9.77. The third kappa shape index (κ3) is 4.77. The van der Waals surface area contributed by atoms with Crippen molar-refractivity contribution in [3.8, 4) is 11.4 Å². The highest BCUT2D eigenvalue weighted by atomic mass is 35.5. The molecule has 0 spiro atoms. The largest absolute Gasteiger partial charge is 0.327 e. The van der Waals surface area contributed by atoms with Gasteiger partial charge in [-0.1, -0.05) is 6.42 Å². The van der Waals surface area contributed by atoms with E-state index in [9.17, 15) is 9.18 Å². The van der Waals surface area contributed by atoms with Gasteiger partial charge in [-0.2, -0.15) is 0 Å². The summed E-state index contributed by atoms with van der Waals surface area (Å²) in [7, 11) is 1.92. The lowest BCUT2D eigenvalue weighted by atomic mass is 9.99. The van der Waals surface area contributed by atoms with Crippen LogP contribution < -0.4 is 11.1 Å². The molecule has 30 heavy (non-hydrogen) atoms. The number of carbonyl (C=O) groups excluding carboxylic acids is 1. The molecule has 3 aromatic rings. The van der Waals surface area contributed by atoms with Crippen LogP contribution in [-0.2, 0) is 11.8 Å². The third-order valence-corrected chi connectivity index (χ3v) is 5.77. The van der Waals surface area contributed by atoms with E-state index in [-0.39, 0.29) is 48.5 Å². The zero-order chi connectivity index (χ0) is 19.8. The Kier molecular flexibility index (Phi) is 7.86. The number of fused-ring (bicyclic) bond motifs is 1. The number of nitrogens with one attached hydrogen (secondary N) is 1. The predicted octanol–water partition coefficient (Wildman–Crippen LogP) is 4.99. The Balaban J connectivity index is 0.00000160.